The van der Waals surface area contributed by atoms with Crippen molar-refractivity contribution in [1.82, 2.24) is 10.2 Å². The van der Waals surface area contributed by atoms with Gasteiger partial charge < -0.3 is 9.47 Å². The zero-order chi connectivity index (χ0) is 27.0. The molecular weight excluding hydrogens is 506 g/mol. The van der Waals surface area contributed by atoms with Crippen molar-refractivity contribution in [2.45, 2.75) is 6.54 Å². The summed E-state index contributed by atoms with van der Waals surface area (Å²) in [6.07, 6.45) is 1.43. The maximum atomic E-state index is 13.4. The van der Waals surface area contributed by atoms with Crippen LogP contribution in [0.5, 0.6) is 11.5 Å². The van der Waals surface area contributed by atoms with Gasteiger partial charge >= 0.3 is 0 Å². The molecule has 0 atom stereocenters. The third kappa shape index (κ3) is 4.31. The number of nitrogens with one attached hydrogen (secondary N) is 1. The van der Waals surface area contributed by atoms with E-state index in [9.17, 15) is 19.2 Å². The standard InChI is InChI=1S/C28H21N3O6S/c1-36-19-10-8-18(9-11-19)31-27(35)22(24(32)29-28(31)38)14-16-7-12-23(37-2)17(13-16)15-30-25(33)20-5-3-4-6-21(20)26(30)34/h3-14H,15H2,1-2H3,(H,29,32,38)/b22-14+. The highest BCUT2D eigenvalue weighted by Crippen LogP contribution is 2.29. The summed E-state index contributed by atoms with van der Waals surface area (Å²) < 4.78 is 10.6. The van der Waals surface area contributed by atoms with Crippen molar-refractivity contribution in [3.8, 4) is 11.5 Å². The summed E-state index contributed by atoms with van der Waals surface area (Å²) in [5.74, 6) is -0.982. The molecule has 1 N–H and O–H groups in total. The van der Waals surface area contributed by atoms with E-state index < -0.39 is 23.6 Å². The molecule has 5 rings (SSSR count). The number of carbonyl (C=O) groups is 4. The van der Waals surface area contributed by atoms with Crippen LogP contribution in [0.2, 0.25) is 0 Å². The highest BCUT2D eigenvalue weighted by Gasteiger charge is 2.36. The maximum Gasteiger partial charge on any atom is 0.270 e. The first-order chi connectivity index (χ1) is 18.3. The van der Waals surface area contributed by atoms with E-state index in [-0.39, 0.29) is 17.2 Å². The Morgan fingerprint density at radius 2 is 1.50 bits per heavy atom. The van der Waals surface area contributed by atoms with Gasteiger partial charge in [0.15, 0.2) is 5.11 Å². The molecule has 0 aliphatic carbocycles. The molecule has 2 heterocycles. The van der Waals surface area contributed by atoms with Crippen molar-refractivity contribution in [2.24, 2.45) is 0 Å². The van der Waals surface area contributed by atoms with Crippen LogP contribution in [0.25, 0.3) is 6.08 Å². The molecule has 0 bridgehead atoms. The molecule has 3 aromatic rings. The van der Waals surface area contributed by atoms with Crippen LogP contribution < -0.4 is 19.7 Å². The molecule has 190 valence electrons. The van der Waals surface area contributed by atoms with Gasteiger partial charge in [-0.05, 0) is 72.4 Å². The molecule has 2 aliphatic heterocycles. The zero-order valence-corrected chi connectivity index (χ0v) is 21.2. The normalized spacial score (nSPS) is 16.2. The number of benzene rings is 3. The van der Waals surface area contributed by atoms with E-state index in [0.717, 1.165) is 4.90 Å². The number of rotatable bonds is 6. The van der Waals surface area contributed by atoms with Crippen LogP contribution in [0, 0.1) is 0 Å². The number of hydrogen-bond donors (Lipinski definition) is 1. The van der Waals surface area contributed by atoms with Crippen LogP contribution in [0.4, 0.5) is 5.69 Å². The summed E-state index contributed by atoms with van der Waals surface area (Å²) in [4.78, 5) is 54.2. The third-order valence-electron chi connectivity index (χ3n) is 6.25. The topological polar surface area (TPSA) is 105 Å². The fourth-order valence-corrected chi connectivity index (χ4v) is 4.64. The summed E-state index contributed by atoms with van der Waals surface area (Å²) in [7, 11) is 3.01. The molecule has 0 aromatic heterocycles. The lowest BCUT2D eigenvalue weighted by Gasteiger charge is -2.29. The van der Waals surface area contributed by atoms with Crippen LogP contribution in [0.1, 0.15) is 31.8 Å². The minimum absolute atomic E-state index is 0.0386. The average Bonchev–Trinajstić information content (AvgIpc) is 3.16. The van der Waals surface area contributed by atoms with Gasteiger partial charge in [-0.3, -0.25) is 34.3 Å². The Bertz CT molecular complexity index is 1510. The second-order valence-electron chi connectivity index (χ2n) is 8.47. The van der Waals surface area contributed by atoms with Crippen molar-refractivity contribution in [1.29, 1.82) is 0 Å². The fraction of sp³-hybridized carbons (Fsp3) is 0.107. The van der Waals surface area contributed by atoms with Gasteiger partial charge in [0, 0.05) is 5.56 Å². The van der Waals surface area contributed by atoms with Gasteiger partial charge in [-0.25, -0.2) is 0 Å². The average molecular weight is 528 g/mol. The number of anilines is 1. The molecule has 0 unspecified atom stereocenters. The van der Waals surface area contributed by atoms with Crippen LogP contribution in [-0.2, 0) is 16.1 Å². The van der Waals surface area contributed by atoms with Crippen molar-refractivity contribution >= 4 is 52.7 Å². The lowest BCUT2D eigenvalue weighted by Crippen LogP contribution is -2.54. The van der Waals surface area contributed by atoms with Gasteiger partial charge in [-0.15, -0.1) is 0 Å². The summed E-state index contributed by atoms with van der Waals surface area (Å²) in [5, 5.41) is 2.51. The Kier molecular flexibility index (Phi) is 6.48. The van der Waals surface area contributed by atoms with Crippen molar-refractivity contribution in [2.75, 3.05) is 19.1 Å². The van der Waals surface area contributed by atoms with Crippen molar-refractivity contribution in [3.05, 3.63) is 94.6 Å². The smallest absolute Gasteiger partial charge is 0.270 e. The Morgan fingerprint density at radius 3 is 2.11 bits per heavy atom. The van der Waals surface area contributed by atoms with Gasteiger partial charge in [0.05, 0.1) is 37.6 Å². The number of fused-ring (bicyclic) bond motifs is 1. The molecule has 4 amide bonds. The fourth-order valence-electron chi connectivity index (χ4n) is 4.35. The lowest BCUT2D eigenvalue weighted by molar-refractivity contribution is -0.122. The number of thiocarbonyl (C=S) groups is 1. The van der Waals surface area contributed by atoms with Crippen molar-refractivity contribution < 1.29 is 28.7 Å². The molecule has 1 fully saturated rings. The second-order valence-corrected chi connectivity index (χ2v) is 8.86. The van der Waals surface area contributed by atoms with Crippen LogP contribution in [-0.4, -0.2) is 47.9 Å². The van der Waals surface area contributed by atoms with Crippen LogP contribution >= 0.6 is 12.2 Å². The first-order valence-corrected chi connectivity index (χ1v) is 11.9. The van der Waals surface area contributed by atoms with E-state index in [1.54, 1.807) is 66.7 Å². The van der Waals surface area contributed by atoms with Gasteiger partial charge in [0.1, 0.15) is 17.1 Å². The lowest BCUT2D eigenvalue weighted by atomic mass is 10.0. The molecule has 2 aliphatic rings. The summed E-state index contributed by atoms with van der Waals surface area (Å²) >= 11 is 5.26. The Hall–Kier alpha value is -4.83. The number of hydrogen-bond acceptors (Lipinski definition) is 7. The minimum Gasteiger partial charge on any atom is -0.497 e. The van der Waals surface area contributed by atoms with Crippen LogP contribution in [0.3, 0.4) is 0 Å². The molecular formula is C28H21N3O6S. The largest absolute Gasteiger partial charge is 0.497 e. The predicted molar refractivity (Wildman–Crippen MR) is 143 cm³/mol. The van der Waals surface area contributed by atoms with Gasteiger partial charge in [-0.1, -0.05) is 18.2 Å². The number of imide groups is 1. The van der Waals surface area contributed by atoms with Gasteiger partial charge in [0.25, 0.3) is 23.6 Å². The summed E-state index contributed by atoms with van der Waals surface area (Å²) in [6.45, 7) is -0.0469. The molecule has 10 heteroatoms. The molecule has 0 spiro atoms. The Balaban J connectivity index is 1.46. The third-order valence-corrected chi connectivity index (χ3v) is 6.54. The molecule has 3 aromatic carbocycles. The highest BCUT2D eigenvalue weighted by atomic mass is 32.1. The quantitative estimate of drug-likeness (QED) is 0.227. The number of amides is 4. The first-order valence-electron chi connectivity index (χ1n) is 11.5. The van der Waals surface area contributed by atoms with Gasteiger partial charge in [0.2, 0.25) is 0 Å². The van der Waals surface area contributed by atoms with Gasteiger partial charge in [-0.2, -0.15) is 0 Å². The molecule has 9 nitrogen and oxygen atoms in total. The van der Waals surface area contributed by atoms with Crippen molar-refractivity contribution in [3.63, 3.8) is 0 Å². The Labute approximate surface area is 223 Å². The summed E-state index contributed by atoms with van der Waals surface area (Å²) in [6, 6.07) is 18.3. The second kappa shape index (κ2) is 9.91. The van der Waals surface area contributed by atoms with E-state index in [0.29, 0.717) is 39.4 Å². The van der Waals surface area contributed by atoms with E-state index in [1.807, 2.05) is 0 Å². The molecule has 0 radical (unpaired) electrons. The number of methoxy groups -OCH3 is 2. The van der Waals surface area contributed by atoms with E-state index in [4.69, 9.17) is 21.7 Å². The first kappa shape index (κ1) is 24.8. The molecule has 0 saturated carbocycles. The SMILES string of the molecule is COc1ccc(N2C(=O)/C(=C/c3ccc(OC)c(CN4C(=O)c5ccccc5C4=O)c3)C(=O)NC2=S)cc1. The minimum atomic E-state index is -0.637. The van der Waals surface area contributed by atoms with E-state index >= 15 is 0 Å². The molecule has 38 heavy (non-hydrogen) atoms. The van der Waals surface area contributed by atoms with Crippen LogP contribution in [0.15, 0.2) is 72.3 Å². The molecule has 1 saturated heterocycles. The highest BCUT2D eigenvalue weighted by molar-refractivity contribution is 7.80. The zero-order valence-electron chi connectivity index (χ0n) is 20.4. The van der Waals surface area contributed by atoms with E-state index in [2.05, 4.69) is 5.32 Å². The number of carbonyl (C=O) groups excluding carboxylic acids is 4. The van der Waals surface area contributed by atoms with E-state index in [1.165, 1.54) is 25.2 Å². The maximum absolute atomic E-state index is 13.4. The Morgan fingerprint density at radius 1 is 0.842 bits per heavy atom. The predicted octanol–water partition coefficient (Wildman–Crippen LogP) is 3.33. The summed E-state index contributed by atoms with van der Waals surface area (Å²) in [5.41, 5.74) is 2.04. The number of nitrogens with zero attached hydrogens (tertiary/aromatic N) is 2. The number of ether oxygens (including phenoxy) is 2. The monoisotopic (exact) mass is 527 g/mol.